The van der Waals surface area contributed by atoms with E-state index in [1.807, 2.05) is 0 Å². The molecular weight excluding hydrogens is 362 g/mol. The third-order valence-electron chi connectivity index (χ3n) is 3.80. The Hall–Kier alpha value is -3.62. The summed E-state index contributed by atoms with van der Waals surface area (Å²) in [5, 5.41) is 2.11. The van der Waals surface area contributed by atoms with Crippen LogP contribution in [-0.4, -0.2) is 41.9 Å². The van der Waals surface area contributed by atoms with Crippen LogP contribution in [0, 0.1) is 11.6 Å². The summed E-state index contributed by atoms with van der Waals surface area (Å²) in [7, 11) is 0. The molecule has 0 atom stereocenters. The number of esters is 1. The van der Waals surface area contributed by atoms with Crippen molar-refractivity contribution in [3.63, 3.8) is 0 Å². The van der Waals surface area contributed by atoms with Gasteiger partial charge in [0, 0.05) is 6.07 Å². The van der Waals surface area contributed by atoms with Gasteiger partial charge in [0.25, 0.3) is 17.7 Å². The van der Waals surface area contributed by atoms with Gasteiger partial charge in [-0.25, -0.2) is 13.7 Å². The van der Waals surface area contributed by atoms with Crippen LogP contribution in [0.3, 0.4) is 0 Å². The Bertz CT molecular complexity index is 926. The zero-order valence-electron chi connectivity index (χ0n) is 13.7. The molecule has 1 heterocycles. The Kier molecular flexibility index (Phi) is 4.93. The zero-order chi connectivity index (χ0) is 19.6. The summed E-state index contributed by atoms with van der Waals surface area (Å²) < 4.78 is 31.1. The van der Waals surface area contributed by atoms with Crippen LogP contribution in [0.15, 0.2) is 42.5 Å². The maximum Gasteiger partial charge on any atom is 0.327 e. The van der Waals surface area contributed by atoms with Crippen LogP contribution in [0.2, 0.25) is 0 Å². The topological polar surface area (TPSA) is 92.8 Å². The van der Waals surface area contributed by atoms with Gasteiger partial charge in [-0.3, -0.25) is 19.2 Å². The number of hydrogen-bond donors (Lipinski definition) is 1. The van der Waals surface area contributed by atoms with Crippen LogP contribution in [-0.2, 0) is 9.53 Å². The van der Waals surface area contributed by atoms with Gasteiger partial charge in [-0.2, -0.15) is 0 Å². The third kappa shape index (κ3) is 3.66. The molecule has 7 nitrogen and oxygen atoms in total. The lowest BCUT2D eigenvalue weighted by atomic mass is 10.1. The lowest BCUT2D eigenvalue weighted by Gasteiger charge is -2.14. The molecule has 0 bridgehead atoms. The Labute approximate surface area is 151 Å². The Morgan fingerprint density at radius 1 is 1.00 bits per heavy atom. The van der Waals surface area contributed by atoms with Gasteiger partial charge in [-0.15, -0.1) is 0 Å². The van der Waals surface area contributed by atoms with E-state index in [4.69, 9.17) is 4.74 Å². The highest BCUT2D eigenvalue weighted by atomic mass is 19.1. The number of amides is 3. The van der Waals surface area contributed by atoms with Gasteiger partial charge >= 0.3 is 5.97 Å². The van der Waals surface area contributed by atoms with Crippen LogP contribution in [0.25, 0.3) is 0 Å². The molecule has 0 unspecified atom stereocenters. The van der Waals surface area contributed by atoms with Crippen LogP contribution < -0.4 is 5.32 Å². The second-order valence-electron chi connectivity index (χ2n) is 5.54. The van der Waals surface area contributed by atoms with Gasteiger partial charge < -0.3 is 10.1 Å². The number of benzene rings is 2. The maximum atomic E-state index is 13.5. The SMILES string of the molecule is O=C(CNC(=O)c1ccc(F)cc1F)OCN1C(=O)c2ccccc2C1=O. The van der Waals surface area contributed by atoms with Crippen molar-refractivity contribution < 1.29 is 32.7 Å². The van der Waals surface area contributed by atoms with Crippen molar-refractivity contribution in [1.29, 1.82) is 0 Å². The minimum atomic E-state index is -1.08. The molecule has 0 aromatic heterocycles. The number of carbonyl (C=O) groups is 4. The van der Waals surface area contributed by atoms with E-state index in [1.165, 1.54) is 12.1 Å². The van der Waals surface area contributed by atoms with Gasteiger partial charge in [0.05, 0.1) is 16.7 Å². The second kappa shape index (κ2) is 7.32. The molecule has 0 radical (unpaired) electrons. The predicted molar refractivity (Wildman–Crippen MR) is 86.6 cm³/mol. The average Bonchev–Trinajstić information content (AvgIpc) is 2.89. The molecule has 9 heteroatoms. The van der Waals surface area contributed by atoms with Crippen molar-refractivity contribution in [2.75, 3.05) is 13.3 Å². The fraction of sp³-hybridized carbons (Fsp3) is 0.111. The van der Waals surface area contributed by atoms with Crippen LogP contribution in [0.1, 0.15) is 31.1 Å². The first-order valence-corrected chi connectivity index (χ1v) is 7.72. The summed E-state index contributed by atoms with van der Waals surface area (Å²) in [4.78, 5) is 48.5. The number of nitrogens with one attached hydrogen (secondary N) is 1. The van der Waals surface area contributed by atoms with Crippen molar-refractivity contribution in [3.05, 3.63) is 70.8 Å². The van der Waals surface area contributed by atoms with Gasteiger partial charge in [-0.05, 0) is 24.3 Å². The predicted octanol–water partition coefficient (Wildman–Crippen LogP) is 1.49. The van der Waals surface area contributed by atoms with Crippen molar-refractivity contribution >= 4 is 23.7 Å². The number of carbonyl (C=O) groups excluding carboxylic acids is 4. The molecule has 0 saturated carbocycles. The number of ether oxygens (including phenoxy) is 1. The minimum Gasteiger partial charge on any atom is -0.442 e. The van der Waals surface area contributed by atoms with Crippen LogP contribution in [0.5, 0.6) is 0 Å². The number of imide groups is 1. The van der Waals surface area contributed by atoms with Gasteiger partial charge in [-0.1, -0.05) is 12.1 Å². The Morgan fingerprint density at radius 2 is 1.63 bits per heavy atom. The molecule has 1 aliphatic heterocycles. The second-order valence-corrected chi connectivity index (χ2v) is 5.54. The normalized spacial score (nSPS) is 12.7. The molecule has 1 N–H and O–H groups in total. The largest absolute Gasteiger partial charge is 0.442 e. The highest BCUT2D eigenvalue weighted by Gasteiger charge is 2.35. The molecule has 2 aromatic carbocycles. The van der Waals surface area contributed by atoms with Crippen molar-refractivity contribution in [3.8, 4) is 0 Å². The van der Waals surface area contributed by atoms with E-state index in [1.54, 1.807) is 12.1 Å². The van der Waals surface area contributed by atoms with E-state index in [-0.39, 0.29) is 11.1 Å². The summed E-state index contributed by atoms with van der Waals surface area (Å²) in [5.41, 5.74) is -0.0261. The smallest absolute Gasteiger partial charge is 0.327 e. The molecule has 0 saturated heterocycles. The number of halogens is 2. The number of rotatable bonds is 5. The van der Waals surface area contributed by atoms with Crippen LogP contribution >= 0.6 is 0 Å². The average molecular weight is 374 g/mol. The van der Waals surface area contributed by atoms with Gasteiger partial charge in [0.1, 0.15) is 18.2 Å². The molecule has 3 rings (SSSR count). The van der Waals surface area contributed by atoms with E-state index >= 15 is 0 Å². The van der Waals surface area contributed by atoms with Gasteiger partial charge in [0.15, 0.2) is 6.73 Å². The molecule has 0 spiro atoms. The van der Waals surface area contributed by atoms with E-state index in [0.717, 1.165) is 17.0 Å². The molecule has 138 valence electrons. The number of nitrogens with zero attached hydrogens (tertiary/aromatic N) is 1. The standard InChI is InChI=1S/C18H12F2N2O5/c19-10-5-6-13(14(20)7-10)16(24)21-8-15(23)27-9-22-17(25)11-3-1-2-4-12(11)18(22)26/h1-7H,8-9H2,(H,21,24). The molecule has 3 amide bonds. The minimum absolute atomic E-state index is 0.207. The highest BCUT2D eigenvalue weighted by Crippen LogP contribution is 2.22. The van der Waals surface area contributed by atoms with Crippen molar-refractivity contribution in [1.82, 2.24) is 10.2 Å². The Morgan fingerprint density at radius 3 is 2.22 bits per heavy atom. The Balaban J connectivity index is 1.53. The lowest BCUT2D eigenvalue weighted by molar-refractivity contribution is -0.145. The molecule has 27 heavy (non-hydrogen) atoms. The van der Waals surface area contributed by atoms with Crippen LogP contribution in [0.4, 0.5) is 8.78 Å². The number of hydrogen-bond acceptors (Lipinski definition) is 5. The van der Waals surface area contributed by atoms with E-state index in [0.29, 0.717) is 6.07 Å². The summed E-state index contributed by atoms with van der Waals surface area (Å²) in [6, 6.07) is 8.54. The van der Waals surface area contributed by atoms with E-state index in [9.17, 15) is 28.0 Å². The third-order valence-corrected chi connectivity index (χ3v) is 3.80. The summed E-state index contributed by atoms with van der Waals surface area (Å²) >= 11 is 0. The highest BCUT2D eigenvalue weighted by molar-refractivity contribution is 6.21. The van der Waals surface area contributed by atoms with E-state index in [2.05, 4.69) is 5.32 Å². The molecular formula is C18H12F2N2O5. The number of fused-ring (bicyclic) bond motifs is 1. The monoisotopic (exact) mass is 374 g/mol. The first-order valence-electron chi connectivity index (χ1n) is 7.72. The molecule has 0 fully saturated rings. The van der Waals surface area contributed by atoms with E-state index < -0.39 is 54.2 Å². The summed E-state index contributed by atoms with van der Waals surface area (Å²) in [5.74, 6) is -4.99. The lowest BCUT2D eigenvalue weighted by Crippen LogP contribution is -2.36. The fourth-order valence-electron chi connectivity index (χ4n) is 2.47. The van der Waals surface area contributed by atoms with Crippen molar-refractivity contribution in [2.24, 2.45) is 0 Å². The fourth-order valence-corrected chi connectivity index (χ4v) is 2.47. The molecule has 2 aromatic rings. The summed E-state index contributed by atoms with van der Waals surface area (Å²) in [6.45, 7) is -1.25. The summed E-state index contributed by atoms with van der Waals surface area (Å²) in [6.07, 6.45) is 0. The maximum absolute atomic E-state index is 13.5. The molecule has 1 aliphatic rings. The first kappa shape index (κ1) is 18.2. The zero-order valence-corrected chi connectivity index (χ0v) is 13.7. The molecule has 0 aliphatic carbocycles. The van der Waals surface area contributed by atoms with Crippen molar-refractivity contribution in [2.45, 2.75) is 0 Å². The quantitative estimate of drug-likeness (QED) is 0.632. The first-order chi connectivity index (χ1) is 12.9. The van der Waals surface area contributed by atoms with Gasteiger partial charge in [0.2, 0.25) is 0 Å².